The van der Waals surface area contributed by atoms with Crippen LogP contribution in [-0.2, 0) is 39.5 Å². The van der Waals surface area contributed by atoms with Gasteiger partial charge >= 0.3 is 29.0 Å². The SMILES string of the molecule is C=Cc1c(C)/c2[n-]/c1=C\c1[n-]c(c(CC)c1C)/C=C1\[N-]/C(=C\c3[n-]c(c(C)c3CCC(=O)O)\C=2)[C@]2(C[C@H]2C(=O)O)C1C.O.[Fe+4]. The zero-order valence-corrected chi connectivity index (χ0v) is 26.5. The van der Waals surface area contributed by atoms with E-state index in [1.54, 1.807) is 0 Å². The molecule has 44 heavy (non-hydrogen) atoms. The van der Waals surface area contributed by atoms with Crippen LogP contribution in [0.2, 0.25) is 0 Å². The van der Waals surface area contributed by atoms with Gasteiger partial charge in [0.1, 0.15) is 0 Å². The minimum absolute atomic E-state index is 0. The molecule has 5 heterocycles. The molecule has 3 atom stereocenters. The molecule has 3 aromatic heterocycles. The normalized spacial score (nSPS) is 25.0. The number of fused-ring (bicyclic) bond motifs is 9. The van der Waals surface area contributed by atoms with Crippen LogP contribution in [0.15, 0.2) is 18.0 Å². The van der Waals surface area contributed by atoms with Gasteiger partial charge < -0.3 is 36.0 Å². The predicted octanol–water partition coefficient (Wildman–Crippen LogP) is 3.35. The second-order valence-electron chi connectivity index (χ2n) is 11.7. The summed E-state index contributed by atoms with van der Waals surface area (Å²) in [5, 5.41) is 26.1. The number of carboxylic acid groups (broad SMARTS) is 2. The molecule has 10 heteroatoms. The minimum Gasteiger partial charge on any atom is -0.664 e. The molecule has 230 valence electrons. The first kappa shape index (κ1) is 32.9. The second-order valence-corrected chi connectivity index (χ2v) is 11.7. The van der Waals surface area contributed by atoms with E-state index in [0.29, 0.717) is 29.9 Å². The minimum atomic E-state index is -0.889. The molecule has 1 aliphatic carbocycles. The Morgan fingerprint density at radius 1 is 0.932 bits per heavy atom. The van der Waals surface area contributed by atoms with E-state index in [-0.39, 0.29) is 34.9 Å². The van der Waals surface area contributed by atoms with Crippen LogP contribution in [0, 0.1) is 38.0 Å². The Morgan fingerprint density at radius 3 is 2.11 bits per heavy atom. The van der Waals surface area contributed by atoms with Gasteiger partial charge in [-0.05, 0) is 56.9 Å². The molecule has 1 unspecified atom stereocenters. The fourth-order valence-corrected chi connectivity index (χ4v) is 6.91. The van der Waals surface area contributed by atoms with Gasteiger partial charge in [0, 0.05) is 6.42 Å². The maximum Gasteiger partial charge on any atom is 4.00 e. The fraction of sp³-hybridized carbons (Fsp3) is 0.353. The maximum atomic E-state index is 12.3. The maximum absolute atomic E-state index is 12.3. The first-order chi connectivity index (χ1) is 20.0. The molecule has 2 fully saturated rings. The van der Waals surface area contributed by atoms with E-state index in [9.17, 15) is 19.8 Å². The smallest absolute Gasteiger partial charge is 0.664 e. The fourth-order valence-electron chi connectivity index (χ4n) is 6.91. The van der Waals surface area contributed by atoms with Crippen LogP contribution < -0.4 is 25.7 Å². The van der Waals surface area contributed by atoms with Crippen LogP contribution in [-0.4, -0.2) is 27.6 Å². The zero-order valence-electron chi connectivity index (χ0n) is 25.4. The number of aliphatic carboxylic acids is 2. The Kier molecular flexibility index (Phi) is 8.86. The molecule has 9 nitrogen and oxygen atoms in total. The first-order valence-corrected chi connectivity index (χ1v) is 14.4. The van der Waals surface area contributed by atoms with Crippen LogP contribution in [0.1, 0.15) is 82.8 Å². The summed E-state index contributed by atoms with van der Waals surface area (Å²) in [6.45, 7) is 14.2. The molecule has 6 rings (SSSR count). The third kappa shape index (κ3) is 5.01. The van der Waals surface area contributed by atoms with Gasteiger partial charge in [-0.1, -0.05) is 78.6 Å². The third-order valence-electron chi connectivity index (χ3n) is 9.57. The summed E-state index contributed by atoms with van der Waals surface area (Å²) >= 11 is 0. The van der Waals surface area contributed by atoms with Crippen molar-refractivity contribution in [3.63, 3.8) is 0 Å². The number of rotatable bonds is 6. The molecule has 0 aromatic carbocycles. The van der Waals surface area contributed by atoms with Crippen molar-refractivity contribution in [3.8, 4) is 0 Å². The molecule has 1 saturated heterocycles. The first-order valence-electron chi connectivity index (χ1n) is 14.4. The van der Waals surface area contributed by atoms with Crippen molar-refractivity contribution in [2.24, 2.45) is 17.3 Å². The van der Waals surface area contributed by atoms with Gasteiger partial charge in [0.05, 0.1) is 5.92 Å². The third-order valence-corrected chi connectivity index (χ3v) is 9.57. The molecule has 0 amide bonds. The van der Waals surface area contributed by atoms with E-state index >= 15 is 0 Å². The van der Waals surface area contributed by atoms with Gasteiger partial charge in [0.2, 0.25) is 0 Å². The van der Waals surface area contributed by atoms with Gasteiger partial charge in [-0.2, -0.15) is 11.4 Å². The number of allylic oxidation sites excluding steroid dienone is 2. The van der Waals surface area contributed by atoms with Gasteiger partial charge in [0.25, 0.3) is 0 Å². The van der Waals surface area contributed by atoms with Crippen molar-refractivity contribution < 1.29 is 42.3 Å². The van der Waals surface area contributed by atoms with Gasteiger partial charge in [-0.15, -0.1) is 33.5 Å². The van der Waals surface area contributed by atoms with Crippen LogP contribution in [0.4, 0.5) is 0 Å². The van der Waals surface area contributed by atoms with Crippen molar-refractivity contribution in [2.75, 3.05) is 0 Å². The van der Waals surface area contributed by atoms with E-state index < -0.39 is 23.3 Å². The molecule has 0 radical (unpaired) electrons. The van der Waals surface area contributed by atoms with Gasteiger partial charge in [-0.25, -0.2) is 0 Å². The number of carbonyl (C=O) groups is 2. The van der Waals surface area contributed by atoms with Crippen molar-refractivity contribution in [2.45, 2.75) is 60.3 Å². The number of hydrogen-bond acceptors (Lipinski definition) is 2. The molecule has 1 spiro atoms. The van der Waals surface area contributed by atoms with Crippen molar-refractivity contribution in [3.05, 3.63) is 90.1 Å². The quantitative estimate of drug-likeness (QED) is 0.392. The standard InChI is InChI=1S/C34H34N4O4.Fe.H2O/c1-7-20-16(3)24-11-25-18(5)22(9-10-32(39)40)30(37-25)14-31-34(15-23(34)33(41)42)19(6)27(38-31)13-29-21(8-2)17(4)26(36-29)12-28(20)35-24;;/h7,11-14,19,23H,1,8-10,15H2,2-6H3,(H,39,40)(H,41,42);;1H2/q-4;+4;/b24-11-,27-13-,28-12-,31-14-;;/t19?,23-,34+;;/m0../s1. The average Bonchev–Trinajstić information content (AvgIpc) is 3.32. The van der Waals surface area contributed by atoms with Crippen molar-refractivity contribution >= 4 is 42.3 Å². The Morgan fingerprint density at radius 2 is 1.55 bits per heavy atom. The van der Waals surface area contributed by atoms with E-state index in [0.717, 1.165) is 67.6 Å². The Labute approximate surface area is 266 Å². The molecule has 3 aromatic rings. The van der Waals surface area contributed by atoms with Crippen molar-refractivity contribution in [1.82, 2.24) is 15.0 Å². The molecule has 3 aliphatic rings. The number of aromatic nitrogens is 3. The van der Waals surface area contributed by atoms with Crippen LogP contribution in [0.5, 0.6) is 0 Å². The average molecular weight is 637 g/mol. The molecule has 8 bridgehead atoms. The number of hydrogen-bond donors (Lipinski definition) is 2. The topological polar surface area (TPSA) is 162 Å². The van der Waals surface area contributed by atoms with E-state index in [4.69, 9.17) is 20.3 Å². The van der Waals surface area contributed by atoms with Crippen LogP contribution in [0.3, 0.4) is 0 Å². The number of carboxylic acids is 2. The predicted molar refractivity (Wildman–Crippen MR) is 166 cm³/mol. The Bertz CT molecular complexity index is 1870. The summed E-state index contributed by atoms with van der Waals surface area (Å²) < 4.78 is 0. The van der Waals surface area contributed by atoms with Crippen LogP contribution in [0.25, 0.3) is 35.7 Å². The monoisotopic (exact) mass is 636 g/mol. The zero-order chi connectivity index (χ0) is 30.1. The van der Waals surface area contributed by atoms with Crippen molar-refractivity contribution in [1.29, 1.82) is 0 Å². The van der Waals surface area contributed by atoms with E-state index in [1.807, 2.05) is 51.2 Å². The Balaban J connectivity index is 0.00000221. The molecular formula is C34H36FeN4O5. The summed E-state index contributed by atoms with van der Waals surface area (Å²) in [5.74, 6) is -2.40. The summed E-state index contributed by atoms with van der Waals surface area (Å²) in [6.07, 6.45) is 11.2. The summed E-state index contributed by atoms with van der Waals surface area (Å²) in [4.78, 5) is 38.7. The Hall–Kier alpha value is -3.98. The molecule has 4 N–H and O–H groups in total. The van der Waals surface area contributed by atoms with E-state index in [1.165, 1.54) is 0 Å². The summed E-state index contributed by atoms with van der Waals surface area (Å²) in [5.41, 5.74) is 9.70. The van der Waals surface area contributed by atoms with Gasteiger partial charge in [0.15, 0.2) is 0 Å². The number of nitrogens with zero attached hydrogens (tertiary/aromatic N) is 4. The second kappa shape index (κ2) is 11.8. The summed E-state index contributed by atoms with van der Waals surface area (Å²) in [7, 11) is 0. The summed E-state index contributed by atoms with van der Waals surface area (Å²) in [6, 6.07) is 0. The molecule has 2 aliphatic heterocycles. The van der Waals surface area contributed by atoms with Gasteiger partial charge in [-0.3, -0.25) is 9.59 Å². The largest absolute Gasteiger partial charge is 4.00 e. The van der Waals surface area contributed by atoms with E-state index in [2.05, 4.69) is 20.4 Å². The molecular weight excluding hydrogens is 600 g/mol. The van der Waals surface area contributed by atoms with Crippen LogP contribution >= 0.6 is 0 Å². The molecule has 1 saturated carbocycles.